The molecule has 0 saturated heterocycles. The molecule has 1 aromatic heterocycles. The van der Waals surface area contributed by atoms with Crippen LogP contribution in [-0.4, -0.2) is 78.1 Å². The van der Waals surface area contributed by atoms with Crippen LogP contribution in [0.2, 0.25) is 0 Å². The van der Waals surface area contributed by atoms with Crippen molar-refractivity contribution in [2.45, 2.75) is 0 Å². The highest BCUT2D eigenvalue weighted by Gasteiger charge is 2.15. The van der Waals surface area contributed by atoms with Crippen LogP contribution in [0.1, 0.15) is 20.8 Å². The molecule has 0 aliphatic heterocycles. The van der Waals surface area contributed by atoms with Gasteiger partial charge in [0.2, 0.25) is 0 Å². The fraction of sp³-hybridized carbons (Fsp3) is 0.250. The van der Waals surface area contributed by atoms with Gasteiger partial charge in [0, 0.05) is 30.6 Å². The SMILES string of the molecule is COc1ccccc1C(=O)Nc1nc(C(=O)NCCN(C)C)cs1.O=C(O)C=CC(=O)O. The summed E-state index contributed by atoms with van der Waals surface area (Å²) in [4.78, 5) is 49.5. The van der Waals surface area contributed by atoms with Gasteiger partial charge in [-0.1, -0.05) is 12.1 Å². The third-order valence-corrected chi connectivity index (χ3v) is 4.28. The molecule has 172 valence electrons. The number of carbonyl (C=O) groups is 4. The van der Waals surface area contributed by atoms with Gasteiger partial charge >= 0.3 is 11.9 Å². The molecule has 0 fully saturated rings. The lowest BCUT2D eigenvalue weighted by Crippen LogP contribution is -2.31. The predicted octanol–water partition coefficient (Wildman–Crippen LogP) is 1.41. The van der Waals surface area contributed by atoms with Gasteiger partial charge in [-0.3, -0.25) is 14.9 Å². The largest absolute Gasteiger partial charge is 0.496 e. The molecule has 0 atom stereocenters. The normalized spacial score (nSPS) is 10.2. The fourth-order valence-electron chi connectivity index (χ4n) is 2.06. The molecule has 0 bridgehead atoms. The number of benzene rings is 1. The number of nitrogens with one attached hydrogen (secondary N) is 2. The number of rotatable bonds is 9. The molecule has 4 N–H and O–H groups in total. The van der Waals surface area contributed by atoms with Gasteiger partial charge in [-0.15, -0.1) is 11.3 Å². The van der Waals surface area contributed by atoms with Crippen LogP contribution in [0.5, 0.6) is 5.75 Å². The second-order valence-corrected chi connectivity index (χ2v) is 7.12. The first-order valence-corrected chi connectivity index (χ1v) is 9.98. The number of aliphatic carboxylic acids is 2. The minimum Gasteiger partial charge on any atom is -0.496 e. The first-order valence-electron chi connectivity index (χ1n) is 9.10. The maximum atomic E-state index is 12.3. The molecule has 1 heterocycles. The fourth-order valence-corrected chi connectivity index (χ4v) is 2.74. The van der Waals surface area contributed by atoms with E-state index in [9.17, 15) is 19.2 Å². The van der Waals surface area contributed by atoms with E-state index >= 15 is 0 Å². The molecule has 2 rings (SSSR count). The zero-order valence-corrected chi connectivity index (χ0v) is 18.5. The van der Waals surface area contributed by atoms with E-state index in [4.69, 9.17) is 14.9 Å². The summed E-state index contributed by atoms with van der Waals surface area (Å²) in [5.74, 6) is -2.62. The molecule has 11 nitrogen and oxygen atoms in total. The summed E-state index contributed by atoms with van der Waals surface area (Å²) in [6, 6.07) is 6.91. The van der Waals surface area contributed by atoms with E-state index in [0.717, 1.165) is 6.54 Å². The third kappa shape index (κ3) is 9.82. The maximum Gasteiger partial charge on any atom is 0.328 e. The standard InChI is InChI=1S/C16H20N4O3S.C4H4O4/c1-20(2)9-8-17-15(22)12-10-24-16(18-12)19-14(21)11-6-4-5-7-13(11)23-3;5-3(6)1-2-4(7)8/h4-7,10H,8-9H2,1-3H3,(H,17,22)(H,18,19,21);1-2H,(H,5,6)(H,7,8). The van der Waals surface area contributed by atoms with E-state index in [0.29, 0.717) is 35.1 Å². The van der Waals surface area contributed by atoms with Crippen molar-refractivity contribution in [1.29, 1.82) is 0 Å². The van der Waals surface area contributed by atoms with E-state index in [1.807, 2.05) is 19.0 Å². The Morgan fingerprint density at radius 2 is 1.72 bits per heavy atom. The van der Waals surface area contributed by atoms with Gasteiger partial charge in [0.25, 0.3) is 11.8 Å². The summed E-state index contributed by atoms with van der Waals surface area (Å²) < 4.78 is 5.17. The Kier molecular flexibility index (Phi) is 11.1. The molecule has 0 aliphatic rings. The number of nitrogens with zero attached hydrogens (tertiary/aromatic N) is 2. The van der Waals surface area contributed by atoms with Gasteiger partial charge in [0.05, 0.1) is 12.7 Å². The second kappa shape index (κ2) is 13.5. The molecule has 2 amide bonds. The quantitative estimate of drug-likeness (QED) is 0.403. The number of ether oxygens (including phenoxy) is 1. The minimum atomic E-state index is -1.26. The zero-order valence-electron chi connectivity index (χ0n) is 17.7. The number of amides is 2. The maximum absolute atomic E-state index is 12.3. The van der Waals surface area contributed by atoms with Crippen molar-refractivity contribution < 1.29 is 34.1 Å². The van der Waals surface area contributed by atoms with Crippen LogP contribution in [-0.2, 0) is 9.59 Å². The lowest BCUT2D eigenvalue weighted by molar-refractivity contribution is -0.134. The van der Waals surface area contributed by atoms with Crippen molar-refractivity contribution in [3.05, 3.63) is 53.1 Å². The number of thiazole rings is 1. The second-order valence-electron chi connectivity index (χ2n) is 6.26. The molecule has 12 heteroatoms. The summed E-state index contributed by atoms with van der Waals surface area (Å²) in [6.45, 7) is 1.28. The molecule has 1 aromatic carbocycles. The van der Waals surface area contributed by atoms with Crippen molar-refractivity contribution in [3.8, 4) is 5.75 Å². The number of anilines is 1. The summed E-state index contributed by atoms with van der Waals surface area (Å²) >= 11 is 1.20. The van der Waals surface area contributed by atoms with Gasteiger partial charge in [-0.25, -0.2) is 14.6 Å². The van der Waals surface area contributed by atoms with Crippen LogP contribution in [0.15, 0.2) is 41.8 Å². The highest BCUT2D eigenvalue weighted by molar-refractivity contribution is 7.14. The lowest BCUT2D eigenvalue weighted by Gasteiger charge is -2.09. The van der Waals surface area contributed by atoms with E-state index in [1.165, 1.54) is 18.4 Å². The van der Waals surface area contributed by atoms with Crippen LogP contribution >= 0.6 is 11.3 Å². The Labute approximate surface area is 188 Å². The Bertz CT molecular complexity index is 956. The van der Waals surface area contributed by atoms with Crippen LogP contribution in [0.4, 0.5) is 5.13 Å². The molecule has 2 aromatic rings. The Hall–Kier alpha value is -3.77. The number of hydrogen-bond donors (Lipinski definition) is 4. The number of para-hydroxylation sites is 1. The molecule has 32 heavy (non-hydrogen) atoms. The molecule has 0 radical (unpaired) electrons. The Morgan fingerprint density at radius 3 is 2.28 bits per heavy atom. The number of carbonyl (C=O) groups excluding carboxylic acids is 2. The van der Waals surface area contributed by atoms with E-state index in [-0.39, 0.29) is 17.5 Å². The number of likely N-dealkylation sites (N-methyl/N-ethyl adjacent to an activating group) is 1. The van der Waals surface area contributed by atoms with Crippen LogP contribution in [0.25, 0.3) is 0 Å². The minimum absolute atomic E-state index is 0.258. The van der Waals surface area contributed by atoms with E-state index < -0.39 is 11.9 Å². The number of methoxy groups -OCH3 is 1. The van der Waals surface area contributed by atoms with Gasteiger partial charge in [0.1, 0.15) is 11.4 Å². The molecule has 0 aliphatic carbocycles. The lowest BCUT2D eigenvalue weighted by atomic mass is 10.2. The van der Waals surface area contributed by atoms with Gasteiger partial charge in [0.15, 0.2) is 5.13 Å². The highest BCUT2D eigenvalue weighted by Crippen LogP contribution is 2.21. The molecule has 0 spiro atoms. The summed E-state index contributed by atoms with van der Waals surface area (Å²) in [6.07, 6.45) is 1.12. The number of hydrogen-bond acceptors (Lipinski definition) is 8. The monoisotopic (exact) mass is 464 g/mol. The Balaban J connectivity index is 0.000000547. The van der Waals surface area contributed by atoms with Crippen molar-refractivity contribution in [2.75, 3.05) is 39.6 Å². The first kappa shape index (κ1) is 26.3. The summed E-state index contributed by atoms with van der Waals surface area (Å²) in [5, 5.41) is 23.1. The van der Waals surface area contributed by atoms with Crippen molar-refractivity contribution in [2.24, 2.45) is 0 Å². The third-order valence-electron chi connectivity index (χ3n) is 3.52. The van der Waals surface area contributed by atoms with Crippen LogP contribution < -0.4 is 15.4 Å². The van der Waals surface area contributed by atoms with E-state index in [1.54, 1.807) is 29.6 Å². The molecule has 0 saturated carbocycles. The topological polar surface area (TPSA) is 158 Å². The molecule has 0 unspecified atom stereocenters. The first-order chi connectivity index (χ1) is 15.1. The zero-order chi connectivity index (χ0) is 24.1. The van der Waals surface area contributed by atoms with Crippen molar-refractivity contribution in [1.82, 2.24) is 15.2 Å². The Morgan fingerprint density at radius 1 is 1.09 bits per heavy atom. The van der Waals surface area contributed by atoms with Crippen molar-refractivity contribution >= 4 is 40.2 Å². The average Bonchev–Trinajstić information content (AvgIpc) is 3.21. The van der Waals surface area contributed by atoms with Gasteiger partial charge in [-0.05, 0) is 26.2 Å². The molecular formula is C20H24N4O7S. The van der Waals surface area contributed by atoms with Gasteiger partial charge in [-0.2, -0.15) is 0 Å². The smallest absolute Gasteiger partial charge is 0.328 e. The number of aromatic nitrogens is 1. The number of carboxylic acids is 2. The van der Waals surface area contributed by atoms with Crippen molar-refractivity contribution in [3.63, 3.8) is 0 Å². The van der Waals surface area contributed by atoms with Crippen LogP contribution in [0.3, 0.4) is 0 Å². The van der Waals surface area contributed by atoms with Gasteiger partial charge < -0.3 is 25.2 Å². The summed E-state index contributed by atoms with van der Waals surface area (Å²) in [5.41, 5.74) is 0.696. The van der Waals surface area contributed by atoms with E-state index in [2.05, 4.69) is 15.6 Å². The predicted molar refractivity (Wildman–Crippen MR) is 118 cm³/mol. The summed E-state index contributed by atoms with van der Waals surface area (Å²) in [7, 11) is 5.37. The number of carboxylic acid groups (broad SMARTS) is 2. The highest BCUT2D eigenvalue weighted by atomic mass is 32.1. The molecular weight excluding hydrogens is 440 g/mol. The average molecular weight is 465 g/mol. The van der Waals surface area contributed by atoms with Crippen LogP contribution in [0, 0.1) is 0 Å².